The summed E-state index contributed by atoms with van der Waals surface area (Å²) in [5, 5.41) is 12.6. The summed E-state index contributed by atoms with van der Waals surface area (Å²) >= 11 is 0. The largest absolute Gasteiger partial charge is 0.493 e. The van der Waals surface area contributed by atoms with Crippen molar-refractivity contribution >= 4 is 5.91 Å². The molecule has 20 heavy (non-hydrogen) atoms. The van der Waals surface area contributed by atoms with Crippen LogP contribution in [0.25, 0.3) is 0 Å². The molecule has 0 radical (unpaired) electrons. The van der Waals surface area contributed by atoms with Gasteiger partial charge < -0.3 is 15.2 Å². The number of benzene rings is 1. The molecular formula is C16H21NO3. The van der Waals surface area contributed by atoms with Crippen molar-refractivity contribution in [1.29, 1.82) is 0 Å². The van der Waals surface area contributed by atoms with Crippen LogP contribution in [-0.2, 0) is 4.79 Å². The number of fused-ring (bicyclic) bond motifs is 1. The van der Waals surface area contributed by atoms with E-state index >= 15 is 0 Å². The topological polar surface area (TPSA) is 58.6 Å². The average molecular weight is 275 g/mol. The highest BCUT2D eigenvalue weighted by Crippen LogP contribution is 2.33. The van der Waals surface area contributed by atoms with Gasteiger partial charge >= 0.3 is 0 Å². The van der Waals surface area contributed by atoms with E-state index in [1.165, 1.54) is 0 Å². The molecule has 0 spiro atoms. The molecule has 1 aromatic rings. The van der Waals surface area contributed by atoms with Crippen LogP contribution < -0.4 is 10.1 Å². The maximum atomic E-state index is 12.4. The monoisotopic (exact) mass is 275 g/mol. The summed E-state index contributed by atoms with van der Waals surface area (Å²) < 4.78 is 5.58. The highest BCUT2D eigenvalue weighted by molar-refractivity contribution is 5.84. The second-order valence-electron chi connectivity index (χ2n) is 5.81. The first-order valence-electron chi connectivity index (χ1n) is 7.41. The molecule has 1 heterocycles. The van der Waals surface area contributed by atoms with Gasteiger partial charge in [0.1, 0.15) is 5.75 Å². The molecule has 0 bridgehead atoms. The molecule has 1 aliphatic heterocycles. The van der Waals surface area contributed by atoms with Crippen molar-refractivity contribution in [2.24, 2.45) is 5.92 Å². The average Bonchev–Trinajstić information content (AvgIpc) is 2.90. The van der Waals surface area contributed by atoms with Gasteiger partial charge in [0.25, 0.3) is 0 Å². The fourth-order valence-corrected chi connectivity index (χ4v) is 3.22. The Kier molecular flexibility index (Phi) is 3.92. The number of rotatable bonds is 3. The second kappa shape index (κ2) is 5.83. The standard InChI is InChI=1S/C16H21NO3/c18-12-6-5-11(9-12)10-17-16(19)14-7-8-20-15-4-2-1-3-13(14)15/h1-4,11-12,14,18H,5-10H2,(H,17,19). The zero-order valence-electron chi connectivity index (χ0n) is 11.5. The summed E-state index contributed by atoms with van der Waals surface area (Å²) in [6, 6.07) is 7.76. The molecule has 1 fully saturated rings. The minimum absolute atomic E-state index is 0.0853. The molecule has 1 aliphatic carbocycles. The minimum Gasteiger partial charge on any atom is -0.493 e. The van der Waals surface area contributed by atoms with Crippen molar-refractivity contribution in [2.45, 2.75) is 37.7 Å². The van der Waals surface area contributed by atoms with Gasteiger partial charge in [-0.25, -0.2) is 0 Å². The molecule has 3 unspecified atom stereocenters. The molecule has 1 saturated carbocycles. The lowest BCUT2D eigenvalue weighted by atomic mass is 9.92. The summed E-state index contributed by atoms with van der Waals surface area (Å²) in [6.07, 6.45) is 3.23. The quantitative estimate of drug-likeness (QED) is 0.885. The van der Waals surface area contributed by atoms with Crippen molar-refractivity contribution in [2.75, 3.05) is 13.2 Å². The molecule has 108 valence electrons. The Morgan fingerprint density at radius 3 is 2.95 bits per heavy atom. The van der Waals surface area contributed by atoms with Gasteiger partial charge in [-0.15, -0.1) is 0 Å². The van der Waals surface area contributed by atoms with Crippen LogP contribution in [0.4, 0.5) is 0 Å². The first-order valence-corrected chi connectivity index (χ1v) is 7.41. The van der Waals surface area contributed by atoms with Crippen molar-refractivity contribution in [3.63, 3.8) is 0 Å². The van der Waals surface area contributed by atoms with Gasteiger partial charge in [0.2, 0.25) is 5.91 Å². The third kappa shape index (κ3) is 2.80. The molecule has 0 saturated heterocycles. The molecule has 3 rings (SSSR count). The Hall–Kier alpha value is -1.55. The predicted molar refractivity (Wildman–Crippen MR) is 75.7 cm³/mol. The van der Waals surface area contributed by atoms with Crippen molar-refractivity contribution in [3.8, 4) is 5.75 Å². The summed E-state index contributed by atoms with van der Waals surface area (Å²) in [7, 11) is 0. The van der Waals surface area contributed by atoms with Crippen LogP contribution in [0.15, 0.2) is 24.3 Å². The van der Waals surface area contributed by atoms with E-state index in [4.69, 9.17) is 4.74 Å². The van der Waals surface area contributed by atoms with Gasteiger partial charge in [-0.05, 0) is 37.7 Å². The number of ether oxygens (including phenoxy) is 1. The lowest BCUT2D eigenvalue weighted by Gasteiger charge is -2.25. The van der Waals surface area contributed by atoms with Crippen LogP contribution in [0.2, 0.25) is 0 Å². The summed E-state index contributed by atoms with van der Waals surface area (Å²) in [5.41, 5.74) is 0.989. The molecule has 0 aromatic heterocycles. The van der Waals surface area contributed by atoms with Crippen LogP contribution in [0.3, 0.4) is 0 Å². The molecule has 2 N–H and O–H groups in total. The van der Waals surface area contributed by atoms with E-state index in [0.29, 0.717) is 19.1 Å². The SMILES string of the molecule is O=C(NCC1CCC(O)C1)C1CCOc2ccccc21. The fraction of sp³-hybridized carbons (Fsp3) is 0.562. The van der Waals surface area contributed by atoms with E-state index in [1.807, 2.05) is 24.3 Å². The highest BCUT2D eigenvalue weighted by atomic mass is 16.5. The Balaban J connectivity index is 1.60. The second-order valence-corrected chi connectivity index (χ2v) is 5.81. The summed E-state index contributed by atoms with van der Waals surface area (Å²) in [6.45, 7) is 1.27. The van der Waals surface area contributed by atoms with E-state index in [2.05, 4.69) is 5.32 Å². The molecule has 1 aromatic carbocycles. The molecule has 1 amide bonds. The number of aliphatic hydroxyl groups is 1. The zero-order chi connectivity index (χ0) is 13.9. The van der Waals surface area contributed by atoms with E-state index < -0.39 is 0 Å². The number of hydrogen-bond donors (Lipinski definition) is 2. The normalized spacial score (nSPS) is 28.6. The van der Waals surface area contributed by atoms with E-state index in [1.54, 1.807) is 0 Å². The number of aliphatic hydroxyl groups excluding tert-OH is 1. The van der Waals surface area contributed by atoms with Gasteiger partial charge in [0.15, 0.2) is 0 Å². The van der Waals surface area contributed by atoms with Gasteiger partial charge in [0, 0.05) is 12.1 Å². The first kappa shape index (κ1) is 13.4. The maximum absolute atomic E-state index is 12.4. The molecule has 4 heteroatoms. The van der Waals surface area contributed by atoms with Crippen LogP contribution in [0.1, 0.15) is 37.2 Å². The predicted octanol–water partition coefficient (Wildman–Crippen LogP) is 1.83. The van der Waals surface area contributed by atoms with E-state index in [9.17, 15) is 9.90 Å². The molecule has 2 aliphatic rings. The number of para-hydroxylation sites is 1. The van der Waals surface area contributed by atoms with Crippen LogP contribution in [0, 0.1) is 5.92 Å². The number of carbonyl (C=O) groups excluding carboxylic acids is 1. The molecular weight excluding hydrogens is 254 g/mol. The van der Waals surface area contributed by atoms with Crippen molar-refractivity contribution < 1.29 is 14.6 Å². The number of carbonyl (C=O) groups is 1. The summed E-state index contributed by atoms with van der Waals surface area (Å²) in [5.74, 6) is 1.23. The molecule has 4 nitrogen and oxygen atoms in total. The lowest BCUT2D eigenvalue weighted by molar-refractivity contribution is -0.123. The minimum atomic E-state index is -0.180. The van der Waals surface area contributed by atoms with Crippen LogP contribution >= 0.6 is 0 Å². The van der Waals surface area contributed by atoms with Gasteiger partial charge in [-0.1, -0.05) is 18.2 Å². The maximum Gasteiger partial charge on any atom is 0.227 e. The third-order valence-electron chi connectivity index (χ3n) is 4.35. The van der Waals surface area contributed by atoms with Crippen LogP contribution in [-0.4, -0.2) is 30.3 Å². The highest BCUT2D eigenvalue weighted by Gasteiger charge is 2.29. The zero-order valence-corrected chi connectivity index (χ0v) is 11.5. The Labute approximate surface area is 119 Å². The Bertz CT molecular complexity index is 488. The van der Waals surface area contributed by atoms with Gasteiger partial charge in [0.05, 0.1) is 18.6 Å². The first-order chi connectivity index (χ1) is 9.74. The lowest BCUT2D eigenvalue weighted by Crippen LogP contribution is -2.35. The van der Waals surface area contributed by atoms with Gasteiger partial charge in [-0.2, -0.15) is 0 Å². The van der Waals surface area contributed by atoms with Crippen molar-refractivity contribution in [3.05, 3.63) is 29.8 Å². The summed E-state index contributed by atoms with van der Waals surface area (Å²) in [4.78, 5) is 12.4. The van der Waals surface area contributed by atoms with E-state index in [0.717, 1.165) is 37.0 Å². The van der Waals surface area contributed by atoms with E-state index in [-0.39, 0.29) is 17.9 Å². The Morgan fingerprint density at radius 1 is 1.30 bits per heavy atom. The Morgan fingerprint density at radius 2 is 2.15 bits per heavy atom. The number of nitrogens with one attached hydrogen (secondary N) is 1. The smallest absolute Gasteiger partial charge is 0.227 e. The number of hydrogen-bond acceptors (Lipinski definition) is 3. The number of amides is 1. The van der Waals surface area contributed by atoms with Crippen LogP contribution in [0.5, 0.6) is 5.75 Å². The van der Waals surface area contributed by atoms with Crippen molar-refractivity contribution in [1.82, 2.24) is 5.32 Å². The van der Waals surface area contributed by atoms with Gasteiger partial charge in [-0.3, -0.25) is 4.79 Å². The molecule has 3 atom stereocenters. The third-order valence-corrected chi connectivity index (χ3v) is 4.35. The fourth-order valence-electron chi connectivity index (χ4n) is 3.22.